The highest BCUT2D eigenvalue weighted by atomic mass is 35.5. The average Bonchev–Trinajstić information content (AvgIpc) is 2.31. The van der Waals surface area contributed by atoms with Crippen LogP contribution in [0.15, 0.2) is 36.4 Å². The van der Waals surface area contributed by atoms with E-state index in [4.69, 9.17) is 23.2 Å². The summed E-state index contributed by atoms with van der Waals surface area (Å²) in [7, 11) is 0. The molecule has 76 valence electrons. The van der Waals surface area contributed by atoms with Crippen LogP contribution in [0.1, 0.15) is 0 Å². The van der Waals surface area contributed by atoms with Crippen molar-refractivity contribution in [3.8, 4) is 0 Å². The van der Waals surface area contributed by atoms with Gasteiger partial charge in [0.15, 0.2) is 0 Å². The van der Waals surface area contributed by atoms with Crippen LogP contribution >= 0.6 is 23.2 Å². The Kier molecular flexibility index (Phi) is 2.27. The van der Waals surface area contributed by atoms with Crippen molar-refractivity contribution in [2.24, 2.45) is 0 Å². The Bertz CT molecular complexity index is 687. The van der Waals surface area contributed by atoms with Crippen molar-refractivity contribution in [2.75, 3.05) is 0 Å². The van der Waals surface area contributed by atoms with Gasteiger partial charge in [0.2, 0.25) is 0 Å². The molecule has 0 aliphatic carbocycles. The molecule has 0 aromatic heterocycles. The van der Waals surface area contributed by atoms with Gasteiger partial charge in [0, 0.05) is 21.5 Å². The molecule has 0 unspecified atom stereocenters. The van der Waals surface area contributed by atoms with Crippen LogP contribution in [0.25, 0.3) is 21.5 Å². The predicted octanol–water partition coefficient (Wildman–Crippen LogP) is 4.90. The molecule has 0 aliphatic heterocycles. The van der Waals surface area contributed by atoms with Crippen molar-refractivity contribution < 1.29 is 0 Å². The molecule has 0 nitrogen and oxygen atoms in total. The number of hydrogen-bond acceptors (Lipinski definition) is 0. The summed E-state index contributed by atoms with van der Waals surface area (Å²) in [6, 6.07) is 17.5. The van der Waals surface area contributed by atoms with E-state index in [1.807, 2.05) is 36.4 Å². The molecular formula is C14H6Cl2. The molecule has 0 N–H and O–H groups in total. The summed E-state index contributed by atoms with van der Waals surface area (Å²) in [4.78, 5) is 0. The van der Waals surface area contributed by atoms with E-state index in [0.29, 0.717) is 5.02 Å². The van der Waals surface area contributed by atoms with Crippen LogP contribution in [0.3, 0.4) is 0 Å². The molecule has 0 bridgehead atoms. The molecule has 0 amide bonds. The fourth-order valence-electron chi connectivity index (χ4n) is 1.91. The number of hydrogen-bond donors (Lipinski definition) is 0. The summed E-state index contributed by atoms with van der Waals surface area (Å²) in [5.41, 5.74) is 0. The van der Waals surface area contributed by atoms with Crippen molar-refractivity contribution in [1.29, 1.82) is 0 Å². The molecule has 3 rings (SSSR count). The zero-order chi connectivity index (χ0) is 11.1. The van der Waals surface area contributed by atoms with Crippen LogP contribution < -0.4 is 0 Å². The summed E-state index contributed by atoms with van der Waals surface area (Å²) in [6.45, 7) is 0. The summed E-state index contributed by atoms with van der Waals surface area (Å²) in [5, 5.41) is 5.58. The first-order chi connectivity index (χ1) is 7.75. The van der Waals surface area contributed by atoms with Gasteiger partial charge in [0.05, 0.1) is 0 Å². The fraction of sp³-hybridized carbons (Fsp3) is 0. The predicted molar refractivity (Wildman–Crippen MR) is 69.1 cm³/mol. The smallest absolute Gasteiger partial charge is 0.0491 e. The molecule has 0 saturated heterocycles. The molecule has 0 fully saturated rings. The van der Waals surface area contributed by atoms with Gasteiger partial charge in [-0.2, -0.15) is 0 Å². The third kappa shape index (κ3) is 1.46. The first-order valence-electron chi connectivity index (χ1n) is 4.85. The van der Waals surface area contributed by atoms with Gasteiger partial charge in [-0.3, -0.25) is 0 Å². The standard InChI is InChI=1S/C14H6Cl2/c15-10-6-5-9-7-14(16)12-4-2-1-3-11(12)13(9)8-10/h1,3-5,7-8H. The van der Waals surface area contributed by atoms with Crippen molar-refractivity contribution in [2.45, 2.75) is 0 Å². The van der Waals surface area contributed by atoms with E-state index in [0.717, 1.165) is 26.6 Å². The summed E-state index contributed by atoms with van der Waals surface area (Å²) in [5.74, 6) is 0. The zero-order valence-electron chi connectivity index (χ0n) is 8.22. The van der Waals surface area contributed by atoms with Gasteiger partial charge in [-0.15, -0.1) is 0 Å². The second kappa shape index (κ2) is 3.65. The molecule has 0 heterocycles. The maximum atomic E-state index is 6.21. The zero-order valence-corrected chi connectivity index (χ0v) is 9.73. The first kappa shape index (κ1) is 9.95. The number of benzene rings is 3. The van der Waals surface area contributed by atoms with Gasteiger partial charge in [0.25, 0.3) is 0 Å². The molecule has 0 saturated carbocycles. The van der Waals surface area contributed by atoms with Crippen molar-refractivity contribution in [3.63, 3.8) is 0 Å². The molecule has 3 aromatic rings. The van der Waals surface area contributed by atoms with E-state index in [2.05, 4.69) is 12.1 Å². The van der Waals surface area contributed by atoms with E-state index in [1.54, 1.807) is 0 Å². The largest absolute Gasteiger partial charge is 0.0836 e. The molecular weight excluding hydrogens is 239 g/mol. The van der Waals surface area contributed by atoms with Gasteiger partial charge in [0.1, 0.15) is 0 Å². The second-order valence-corrected chi connectivity index (χ2v) is 4.43. The first-order valence-corrected chi connectivity index (χ1v) is 5.60. The minimum absolute atomic E-state index is 0.615. The lowest BCUT2D eigenvalue weighted by molar-refractivity contribution is 1.74. The van der Waals surface area contributed by atoms with E-state index in [9.17, 15) is 0 Å². The summed E-state index contributed by atoms with van der Waals surface area (Å²) >= 11 is 12.2. The lowest BCUT2D eigenvalue weighted by Crippen LogP contribution is -1.79. The van der Waals surface area contributed by atoms with E-state index < -0.39 is 0 Å². The van der Waals surface area contributed by atoms with Crippen LogP contribution in [0.5, 0.6) is 0 Å². The average molecular weight is 245 g/mol. The lowest BCUT2D eigenvalue weighted by atomic mass is 10.0. The molecule has 0 spiro atoms. The Balaban J connectivity index is 2.61. The third-order valence-electron chi connectivity index (χ3n) is 2.64. The monoisotopic (exact) mass is 244 g/mol. The van der Waals surface area contributed by atoms with Crippen LogP contribution in [-0.4, -0.2) is 0 Å². The quantitative estimate of drug-likeness (QED) is 0.494. The molecule has 0 aliphatic rings. The van der Waals surface area contributed by atoms with E-state index in [-0.39, 0.29) is 0 Å². The lowest BCUT2D eigenvalue weighted by Gasteiger charge is -2.05. The SMILES string of the molecule is Clc1[c]cc2cc(Cl)c3c[c]ccc3c2c1. The van der Waals surface area contributed by atoms with Gasteiger partial charge in [-0.05, 0) is 46.5 Å². The summed E-state index contributed by atoms with van der Waals surface area (Å²) in [6.07, 6.45) is 0. The number of rotatable bonds is 0. The van der Waals surface area contributed by atoms with Crippen LogP contribution in [0.4, 0.5) is 0 Å². The highest BCUT2D eigenvalue weighted by Gasteiger charge is 2.04. The highest BCUT2D eigenvalue weighted by Crippen LogP contribution is 2.32. The third-order valence-corrected chi connectivity index (χ3v) is 3.17. The van der Waals surface area contributed by atoms with Crippen LogP contribution in [0.2, 0.25) is 10.0 Å². The molecule has 2 radical (unpaired) electrons. The second-order valence-electron chi connectivity index (χ2n) is 3.61. The maximum Gasteiger partial charge on any atom is 0.0491 e. The Morgan fingerprint density at radius 3 is 2.69 bits per heavy atom. The van der Waals surface area contributed by atoms with E-state index in [1.165, 1.54) is 0 Å². The van der Waals surface area contributed by atoms with Gasteiger partial charge in [-0.25, -0.2) is 0 Å². The minimum atomic E-state index is 0.615. The van der Waals surface area contributed by atoms with Crippen LogP contribution in [0, 0.1) is 12.1 Å². The van der Waals surface area contributed by atoms with Crippen molar-refractivity contribution >= 4 is 44.7 Å². The normalized spacial score (nSPS) is 11.1. The Labute approximate surface area is 103 Å². The number of fused-ring (bicyclic) bond motifs is 3. The minimum Gasteiger partial charge on any atom is -0.0836 e. The summed E-state index contributed by atoms with van der Waals surface area (Å²) < 4.78 is 0. The van der Waals surface area contributed by atoms with Gasteiger partial charge in [-0.1, -0.05) is 35.3 Å². The molecule has 0 atom stereocenters. The fourth-order valence-corrected chi connectivity index (χ4v) is 2.34. The van der Waals surface area contributed by atoms with Crippen LogP contribution in [-0.2, 0) is 0 Å². The molecule has 16 heavy (non-hydrogen) atoms. The highest BCUT2D eigenvalue weighted by molar-refractivity contribution is 6.38. The van der Waals surface area contributed by atoms with Gasteiger partial charge < -0.3 is 0 Å². The maximum absolute atomic E-state index is 6.21. The van der Waals surface area contributed by atoms with Gasteiger partial charge >= 0.3 is 0 Å². The Hall–Kier alpha value is -1.24. The van der Waals surface area contributed by atoms with E-state index >= 15 is 0 Å². The Morgan fingerprint density at radius 2 is 1.81 bits per heavy atom. The molecule has 2 heteroatoms. The Morgan fingerprint density at radius 1 is 0.938 bits per heavy atom. The molecule has 3 aromatic carbocycles. The number of halogens is 2. The topological polar surface area (TPSA) is 0 Å². The van der Waals surface area contributed by atoms with Crippen molar-refractivity contribution in [1.82, 2.24) is 0 Å². The van der Waals surface area contributed by atoms with Crippen molar-refractivity contribution in [3.05, 3.63) is 58.6 Å².